The molecular formula is C13H19ClN2O2S. The number of nitrogens with two attached hydrogens (primary N) is 1. The van der Waals surface area contributed by atoms with Gasteiger partial charge in [0.2, 0.25) is 10.0 Å². The van der Waals surface area contributed by atoms with Crippen molar-refractivity contribution in [1.82, 2.24) is 4.31 Å². The van der Waals surface area contributed by atoms with Crippen molar-refractivity contribution in [3.63, 3.8) is 0 Å². The maximum Gasteiger partial charge on any atom is 0.243 e. The molecule has 2 unspecified atom stereocenters. The molecule has 1 fully saturated rings. The number of hydrogen-bond acceptors (Lipinski definition) is 3. The topological polar surface area (TPSA) is 63.4 Å². The van der Waals surface area contributed by atoms with Gasteiger partial charge in [-0.05, 0) is 43.5 Å². The molecular weight excluding hydrogens is 284 g/mol. The average Bonchev–Trinajstić information content (AvgIpc) is 2.85. The lowest BCUT2D eigenvalue weighted by atomic mass is 10.0. The normalized spacial score (nSPS) is 24.0. The molecule has 2 rings (SSSR count). The van der Waals surface area contributed by atoms with E-state index >= 15 is 0 Å². The van der Waals surface area contributed by atoms with E-state index in [0.717, 1.165) is 19.3 Å². The molecule has 1 aliphatic rings. The largest absolute Gasteiger partial charge is 0.330 e. The van der Waals surface area contributed by atoms with Crippen LogP contribution in [-0.2, 0) is 10.0 Å². The zero-order valence-electron chi connectivity index (χ0n) is 10.9. The zero-order chi connectivity index (χ0) is 14.0. The van der Waals surface area contributed by atoms with Crippen molar-refractivity contribution in [2.75, 3.05) is 13.6 Å². The summed E-state index contributed by atoms with van der Waals surface area (Å²) in [6.45, 7) is 0.528. The Morgan fingerprint density at radius 3 is 2.79 bits per heavy atom. The van der Waals surface area contributed by atoms with Gasteiger partial charge in [-0.1, -0.05) is 24.1 Å². The van der Waals surface area contributed by atoms with E-state index in [4.69, 9.17) is 17.3 Å². The summed E-state index contributed by atoms with van der Waals surface area (Å²) in [5.41, 5.74) is 5.73. The van der Waals surface area contributed by atoms with E-state index in [0.29, 0.717) is 11.6 Å². The molecule has 2 N–H and O–H groups in total. The Hall–Kier alpha value is -0.620. The van der Waals surface area contributed by atoms with Crippen molar-refractivity contribution in [2.45, 2.75) is 30.2 Å². The first-order valence-corrected chi connectivity index (χ1v) is 8.22. The van der Waals surface area contributed by atoms with E-state index < -0.39 is 10.0 Å². The molecule has 4 nitrogen and oxygen atoms in total. The predicted molar refractivity (Wildman–Crippen MR) is 76.6 cm³/mol. The minimum absolute atomic E-state index is 0.00557. The molecule has 0 bridgehead atoms. The van der Waals surface area contributed by atoms with Crippen molar-refractivity contribution in [1.29, 1.82) is 0 Å². The van der Waals surface area contributed by atoms with Crippen LogP contribution >= 0.6 is 11.6 Å². The van der Waals surface area contributed by atoms with Crippen LogP contribution in [0.1, 0.15) is 19.3 Å². The monoisotopic (exact) mass is 302 g/mol. The van der Waals surface area contributed by atoms with Crippen molar-refractivity contribution >= 4 is 21.6 Å². The fourth-order valence-electron chi connectivity index (χ4n) is 2.74. The first-order valence-electron chi connectivity index (χ1n) is 6.40. The lowest BCUT2D eigenvalue weighted by molar-refractivity contribution is 0.304. The van der Waals surface area contributed by atoms with Crippen molar-refractivity contribution in [3.8, 4) is 0 Å². The van der Waals surface area contributed by atoms with Crippen LogP contribution in [0.4, 0.5) is 0 Å². The summed E-state index contributed by atoms with van der Waals surface area (Å²) in [4.78, 5) is 0.241. The number of nitrogens with zero attached hydrogens (tertiary/aromatic N) is 1. The van der Waals surface area contributed by atoms with Gasteiger partial charge in [-0.3, -0.25) is 0 Å². The fourth-order valence-corrected chi connectivity index (χ4v) is 4.49. The molecule has 0 heterocycles. The Balaban J connectivity index is 2.29. The number of rotatable bonds is 4. The first kappa shape index (κ1) is 14.8. The number of halogens is 1. The zero-order valence-corrected chi connectivity index (χ0v) is 12.5. The van der Waals surface area contributed by atoms with Crippen molar-refractivity contribution in [2.24, 2.45) is 11.7 Å². The lowest BCUT2D eigenvalue weighted by Gasteiger charge is -2.28. The lowest BCUT2D eigenvalue weighted by Crippen LogP contribution is -2.41. The Bertz CT molecular complexity index is 547. The third kappa shape index (κ3) is 2.94. The third-order valence-corrected chi connectivity index (χ3v) is 5.98. The average molecular weight is 303 g/mol. The van der Waals surface area contributed by atoms with Crippen LogP contribution < -0.4 is 5.73 Å². The van der Waals surface area contributed by atoms with E-state index in [1.807, 2.05) is 0 Å². The molecule has 1 aliphatic carbocycles. The Morgan fingerprint density at radius 1 is 1.42 bits per heavy atom. The minimum Gasteiger partial charge on any atom is -0.330 e. The summed E-state index contributed by atoms with van der Waals surface area (Å²) in [5, 5.41) is 0.427. The first-order chi connectivity index (χ1) is 8.96. The standard InChI is InChI=1S/C13H19ClN2O2S/c1-16(13-7-2-4-10(13)9-15)19(17,18)12-6-3-5-11(14)8-12/h3,5-6,8,10,13H,2,4,7,9,15H2,1H3. The van der Waals surface area contributed by atoms with Gasteiger partial charge in [-0.15, -0.1) is 0 Å². The van der Waals surface area contributed by atoms with Crippen LogP contribution in [0.3, 0.4) is 0 Å². The quantitative estimate of drug-likeness (QED) is 0.926. The van der Waals surface area contributed by atoms with Crippen LogP contribution in [0.5, 0.6) is 0 Å². The van der Waals surface area contributed by atoms with Crippen LogP contribution in [0.15, 0.2) is 29.2 Å². The molecule has 2 atom stereocenters. The summed E-state index contributed by atoms with van der Waals surface area (Å²) < 4.78 is 26.6. The molecule has 0 aromatic heterocycles. The van der Waals surface area contributed by atoms with E-state index in [1.54, 1.807) is 25.2 Å². The van der Waals surface area contributed by atoms with E-state index in [9.17, 15) is 8.42 Å². The fraction of sp³-hybridized carbons (Fsp3) is 0.538. The molecule has 0 spiro atoms. The summed E-state index contributed by atoms with van der Waals surface area (Å²) in [6.07, 6.45) is 2.90. The highest BCUT2D eigenvalue weighted by molar-refractivity contribution is 7.89. The molecule has 0 aliphatic heterocycles. The van der Waals surface area contributed by atoms with Gasteiger partial charge >= 0.3 is 0 Å². The van der Waals surface area contributed by atoms with Gasteiger partial charge in [-0.25, -0.2) is 8.42 Å². The van der Waals surface area contributed by atoms with Gasteiger partial charge in [0.1, 0.15) is 0 Å². The van der Waals surface area contributed by atoms with Crippen LogP contribution in [0.2, 0.25) is 5.02 Å². The maximum absolute atomic E-state index is 12.6. The Morgan fingerprint density at radius 2 is 2.16 bits per heavy atom. The molecule has 1 saturated carbocycles. The van der Waals surface area contributed by atoms with Gasteiger partial charge < -0.3 is 5.73 Å². The summed E-state index contributed by atoms with van der Waals surface area (Å²) in [7, 11) is -1.86. The van der Waals surface area contributed by atoms with E-state index in [2.05, 4.69) is 0 Å². The van der Waals surface area contributed by atoms with E-state index in [-0.39, 0.29) is 16.9 Å². The SMILES string of the molecule is CN(C1CCCC1CN)S(=O)(=O)c1cccc(Cl)c1. The van der Waals surface area contributed by atoms with Gasteiger partial charge in [0.25, 0.3) is 0 Å². The molecule has 0 saturated heterocycles. The van der Waals surface area contributed by atoms with E-state index in [1.165, 1.54) is 10.4 Å². The molecule has 1 aromatic rings. The maximum atomic E-state index is 12.6. The Labute approximate surface area is 119 Å². The highest BCUT2D eigenvalue weighted by atomic mass is 35.5. The molecule has 6 heteroatoms. The minimum atomic E-state index is -3.49. The van der Waals surface area contributed by atoms with Crippen molar-refractivity contribution < 1.29 is 8.42 Å². The molecule has 106 valence electrons. The summed E-state index contributed by atoms with van der Waals surface area (Å²) in [6, 6.07) is 6.37. The van der Waals surface area contributed by atoms with Gasteiger partial charge in [0.05, 0.1) is 4.90 Å². The number of hydrogen-bond donors (Lipinski definition) is 1. The summed E-state index contributed by atoms with van der Waals surface area (Å²) >= 11 is 5.87. The van der Waals surface area contributed by atoms with Gasteiger partial charge in [0, 0.05) is 18.1 Å². The second kappa shape index (κ2) is 5.79. The smallest absolute Gasteiger partial charge is 0.243 e. The number of benzene rings is 1. The second-order valence-electron chi connectivity index (χ2n) is 4.97. The van der Waals surface area contributed by atoms with Crippen LogP contribution in [-0.4, -0.2) is 32.4 Å². The molecule has 0 radical (unpaired) electrons. The highest BCUT2D eigenvalue weighted by Gasteiger charge is 2.35. The second-order valence-corrected chi connectivity index (χ2v) is 7.41. The molecule has 0 amide bonds. The van der Waals surface area contributed by atoms with Crippen LogP contribution in [0, 0.1) is 5.92 Å². The Kier molecular flexibility index (Phi) is 4.50. The van der Waals surface area contributed by atoms with Crippen molar-refractivity contribution in [3.05, 3.63) is 29.3 Å². The van der Waals surface area contributed by atoms with Crippen LogP contribution in [0.25, 0.3) is 0 Å². The summed E-state index contributed by atoms with van der Waals surface area (Å²) in [5.74, 6) is 0.249. The third-order valence-electron chi connectivity index (χ3n) is 3.86. The van der Waals surface area contributed by atoms with Gasteiger partial charge in [0.15, 0.2) is 0 Å². The van der Waals surface area contributed by atoms with Gasteiger partial charge in [-0.2, -0.15) is 4.31 Å². The number of sulfonamides is 1. The molecule has 1 aromatic carbocycles. The predicted octanol–water partition coefficient (Wildman–Crippen LogP) is 2.09. The highest BCUT2D eigenvalue weighted by Crippen LogP contribution is 2.32. The molecule has 19 heavy (non-hydrogen) atoms.